The largest absolute Gasteiger partial charge is 0.377 e. The summed E-state index contributed by atoms with van der Waals surface area (Å²) in [5, 5.41) is 0. The van der Waals surface area contributed by atoms with Crippen molar-refractivity contribution in [1.82, 2.24) is 5.43 Å². The van der Waals surface area contributed by atoms with Crippen LogP contribution in [0.1, 0.15) is 31.0 Å². The van der Waals surface area contributed by atoms with E-state index in [1.165, 1.54) is 5.56 Å². The summed E-state index contributed by atoms with van der Waals surface area (Å²) in [6.45, 7) is 6.68. The van der Waals surface area contributed by atoms with Crippen LogP contribution in [0.2, 0.25) is 0 Å². The predicted molar refractivity (Wildman–Crippen MR) is 70.0 cm³/mol. The van der Waals surface area contributed by atoms with Gasteiger partial charge < -0.3 is 4.74 Å². The monoisotopic (exact) mass is 286 g/mol. The van der Waals surface area contributed by atoms with Crippen molar-refractivity contribution in [3.05, 3.63) is 33.8 Å². The summed E-state index contributed by atoms with van der Waals surface area (Å²) in [6.07, 6.45) is 0.211. The Morgan fingerprint density at radius 3 is 2.69 bits per heavy atom. The van der Waals surface area contributed by atoms with Gasteiger partial charge in [-0.05, 0) is 44.0 Å². The molecule has 0 aliphatic carbocycles. The summed E-state index contributed by atoms with van der Waals surface area (Å²) in [5.74, 6) is 5.56. The van der Waals surface area contributed by atoms with E-state index in [1.807, 2.05) is 19.9 Å². The average molecular weight is 287 g/mol. The molecular weight excluding hydrogens is 268 g/mol. The fraction of sp³-hybridized carbons (Fsp3) is 0.500. The molecule has 0 saturated carbocycles. The Hall–Kier alpha value is -0.420. The van der Waals surface area contributed by atoms with Gasteiger partial charge >= 0.3 is 0 Å². The maximum atomic E-state index is 5.59. The predicted octanol–water partition coefficient (Wildman–Crippen LogP) is 2.69. The molecule has 0 bridgehead atoms. The molecule has 0 aliphatic heterocycles. The molecule has 0 amide bonds. The third-order valence-corrected chi connectivity index (χ3v) is 2.91. The standard InChI is InChI=1S/C12H19BrN2O/c1-8(2)16-7-12(15-14)11-6-10(13)5-4-9(11)3/h4-6,8,12,15H,7,14H2,1-3H3. The molecule has 1 aromatic carbocycles. The Morgan fingerprint density at radius 1 is 1.44 bits per heavy atom. The molecule has 0 fully saturated rings. The van der Waals surface area contributed by atoms with Crippen LogP contribution in [0.4, 0.5) is 0 Å². The van der Waals surface area contributed by atoms with Gasteiger partial charge in [0.1, 0.15) is 0 Å². The van der Waals surface area contributed by atoms with Crippen molar-refractivity contribution < 1.29 is 4.74 Å². The van der Waals surface area contributed by atoms with Gasteiger partial charge in [0.15, 0.2) is 0 Å². The van der Waals surface area contributed by atoms with E-state index in [9.17, 15) is 0 Å². The molecule has 0 saturated heterocycles. The number of hydrogen-bond donors (Lipinski definition) is 2. The summed E-state index contributed by atoms with van der Waals surface area (Å²) in [7, 11) is 0. The Morgan fingerprint density at radius 2 is 2.12 bits per heavy atom. The van der Waals surface area contributed by atoms with Crippen LogP contribution in [0.3, 0.4) is 0 Å². The van der Waals surface area contributed by atoms with Crippen molar-refractivity contribution in [2.75, 3.05) is 6.61 Å². The lowest BCUT2D eigenvalue weighted by atomic mass is 10.0. The topological polar surface area (TPSA) is 47.3 Å². The number of rotatable bonds is 5. The number of hydrazine groups is 1. The van der Waals surface area contributed by atoms with E-state index in [-0.39, 0.29) is 12.1 Å². The molecular formula is C12H19BrN2O. The second kappa shape index (κ2) is 6.35. The van der Waals surface area contributed by atoms with Crippen LogP contribution in [0, 0.1) is 6.92 Å². The number of nitrogens with one attached hydrogen (secondary N) is 1. The lowest BCUT2D eigenvalue weighted by molar-refractivity contribution is 0.0610. The Kier molecular flexibility index (Phi) is 5.41. The van der Waals surface area contributed by atoms with Crippen molar-refractivity contribution in [3.8, 4) is 0 Å². The molecule has 3 nitrogen and oxygen atoms in total. The lowest BCUT2D eigenvalue weighted by Gasteiger charge is -2.20. The average Bonchev–Trinajstić information content (AvgIpc) is 2.23. The van der Waals surface area contributed by atoms with Gasteiger partial charge in [0.2, 0.25) is 0 Å². The molecule has 1 rings (SSSR count). The van der Waals surface area contributed by atoms with E-state index < -0.39 is 0 Å². The van der Waals surface area contributed by atoms with Gasteiger partial charge in [0.05, 0.1) is 18.8 Å². The van der Waals surface area contributed by atoms with E-state index >= 15 is 0 Å². The first-order valence-electron chi connectivity index (χ1n) is 5.38. The Labute approximate surface area is 105 Å². The fourth-order valence-corrected chi connectivity index (χ4v) is 1.88. The zero-order valence-corrected chi connectivity index (χ0v) is 11.5. The number of halogens is 1. The lowest BCUT2D eigenvalue weighted by Crippen LogP contribution is -2.32. The summed E-state index contributed by atoms with van der Waals surface area (Å²) in [5.41, 5.74) is 5.17. The molecule has 0 aromatic heterocycles. The first-order valence-corrected chi connectivity index (χ1v) is 6.17. The summed E-state index contributed by atoms with van der Waals surface area (Å²) in [4.78, 5) is 0. The quantitative estimate of drug-likeness (QED) is 0.646. The number of nitrogens with two attached hydrogens (primary N) is 1. The number of hydrogen-bond acceptors (Lipinski definition) is 3. The Bertz CT molecular complexity index is 342. The molecule has 4 heteroatoms. The first-order chi connectivity index (χ1) is 7.54. The molecule has 3 N–H and O–H groups in total. The summed E-state index contributed by atoms with van der Waals surface area (Å²) in [6, 6.07) is 6.19. The normalized spacial score (nSPS) is 13.1. The number of ether oxygens (including phenoxy) is 1. The van der Waals surface area contributed by atoms with E-state index in [0.717, 1.165) is 10.0 Å². The third-order valence-electron chi connectivity index (χ3n) is 2.41. The van der Waals surface area contributed by atoms with Gasteiger partial charge in [0.25, 0.3) is 0 Å². The molecule has 0 spiro atoms. The number of benzene rings is 1. The zero-order chi connectivity index (χ0) is 12.1. The Balaban J connectivity index is 2.81. The van der Waals surface area contributed by atoms with E-state index in [0.29, 0.717) is 6.61 Å². The highest BCUT2D eigenvalue weighted by Gasteiger charge is 2.13. The maximum Gasteiger partial charge on any atom is 0.0697 e. The minimum Gasteiger partial charge on any atom is -0.377 e. The molecule has 0 radical (unpaired) electrons. The van der Waals surface area contributed by atoms with Crippen molar-refractivity contribution in [2.45, 2.75) is 32.9 Å². The van der Waals surface area contributed by atoms with Gasteiger partial charge in [-0.25, -0.2) is 0 Å². The summed E-state index contributed by atoms with van der Waals surface area (Å²) < 4.78 is 6.64. The van der Waals surface area contributed by atoms with E-state index in [2.05, 4.69) is 40.4 Å². The second-order valence-electron chi connectivity index (χ2n) is 4.10. The fourth-order valence-electron chi connectivity index (χ4n) is 1.50. The van der Waals surface area contributed by atoms with Crippen LogP contribution in [-0.2, 0) is 4.74 Å². The molecule has 0 aliphatic rings. The maximum absolute atomic E-state index is 5.59. The van der Waals surface area contributed by atoms with Crippen LogP contribution in [0.5, 0.6) is 0 Å². The van der Waals surface area contributed by atoms with Gasteiger partial charge in [-0.15, -0.1) is 0 Å². The zero-order valence-electron chi connectivity index (χ0n) is 9.96. The molecule has 1 aromatic rings. The van der Waals surface area contributed by atoms with Crippen molar-refractivity contribution >= 4 is 15.9 Å². The van der Waals surface area contributed by atoms with Crippen LogP contribution >= 0.6 is 15.9 Å². The van der Waals surface area contributed by atoms with Gasteiger partial charge in [-0.1, -0.05) is 22.0 Å². The first kappa shape index (κ1) is 13.6. The van der Waals surface area contributed by atoms with Gasteiger partial charge in [-0.3, -0.25) is 11.3 Å². The number of aryl methyl sites for hydroxylation is 1. The molecule has 1 atom stereocenters. The molecule has 1 unspecified atom stereocenters. The van der Waals surface area contributed by atoms with Gasteiger partial charge in [-0.2, -0.15) is 0 Å². The highest BCUT2D eigenvalue weighted by atomic mass is 79.9. The minimum atomic E-state index is 0.0277. The van der Waals surface area contributed by atoms with Crippen molar-refractivity contribution in [2.24, 2.45) is 5.84 Å². The molecule has 16 heavy (non-hydrogen) atoms. The molecule has 0 heterocycles. The smallest absolute Gasteiger partial charge is 0.0697 e. The van der Waals surface area contributed by atoms with Gasteiger partial charge in [0, 0.05) is 4.47 Å². The molecule has 90 valence electrons. The van der Waals surface area contributed by atoms with E-state index in [1.54, 1.807) is 0 Å². The second-order valence-corrected chi connectivity index (χ2v) is 5.02. The highest BCUT2D eigenvalue weighted by Crippen LogP contribution is 2.22. The summed E-state index contributed by atoms with van der Waals surface area (Å²) >= 11 is 3.46. The van der Waals surface area contributed by atoms with Crippen LogP contribution in [0.25, 0.3) is 0 Å². The van der Waals surface area contributed by atoms with Crippen LogP contribution in [-0.4, -0.2) is 12.7 Å². The van der Waals surface area contributed by atoms with Crippen LogP contribution < -0.4 is 11.3 Å². The SMILES string of the molecule is Cc1ccc(Br)cc1C(COC(C)C)NN. The van der Waals surface area contributed by atoms with Crippen molar-refractivity contribution in [3.63, 3.8) is 0 Å². The third kappa shape index (κ3) is 3.87. The van der Waals surface area contributed by atoms with E-state index in [4.69, 9.17) is 10.6 Å². The van der Waals surface area contributed by atoms with Crippen LogP contribution in [0.15, 0.2) is 22.7 Å². The van der Waals surface area contributed by atoms with Crippen molar-refractivity contribution in [1.29, 1.82) is 0 Å². The highest BCUT2D eigenvalue weighted by molar-refractivity contribution is 9.10. The minimum absolute atomic E-state index is 0.0277.